The molecule has 1 unspecified atom stereocenters. The maximum absolute atomic E-state index is 6.13. The van der Waals surface area contributed by atoms with Crippen molar-refractivity contribution in [2.75, 3.05) is 25.1 Å². The number of ether oxygens (including phenoxy) is 2. The fraction of sp³-hybridized carbons (Fsp3) is 0.238. The van der Waals surface area contributed by atoms with Crippen LogP contribution in [0.5, 0.6) is 11.5 Å². The highest BCUT2D eigenvalue weighted by Crippen LogP contribution is 2.32. The zero-order chi connectivity index (χ0) is 20.1. The number of rotatable bonds is 5. The van der Waals surface area contributed by atoms with Gasteiger partial charge in [0.15, 0.2) is 17.5 Å². The molecule has 1 aliphatic heterocycles. The topological polar surface area (TPSA) is 86.7 Å². The maximum atomic E-state index is 6.13. The van der Waals surface area contributed by atoms with E-state index in [1.165, 1.54) is 0 Å². The quantitative estimate of drug-likeness (QED) is 0.493. The molecule has 2 heterocycles. The minimum atomic E-state index is -0.0913. The Balaban J connectivity index is 1.49. The number of halogens is 1. The average molecular weight is 412 g/mol. The van der Waals surface area contributed by atoms with Gasteiger partial charge in [0, 0.05) is 35.6 Å². The first-order valence-electron chi connectivity index (χ1n) is 9.40. The number of hydrogen-bond donors (Lipinski definition) is 2. The molecular formula is C21H22ClN5O2. The smallest absolute Gasteiger partial charge is 0.193 e. The van der Waals surface area contributed by atoms with Crippen LogP contribution >= 0.6 is 11.6 Å². The zero-order valence-electron chi connectivity index (χ0n) is 15.8. The molecule has 0 radical (unpaired) electrons. The van der Waals surface area contributed by atoms with Crippen LogP contribution in [0.2, 0.25) is 5.02 Å². The first-order valence-corrected chi connectivity index (χ1v) is 9.78. The molecule has 0 saturated carbocycles. The number of guanidine groups is 1. The molecular weight excluding hydrogens is 390 g/mol. The van der Waals surface area contributed by atoms with Crippen molar-refractivity contribution in [1.29, 1.82) is 0 Å². The molecule has 3 aromatic rings. The van der Waals surface area contributed by atoms with Gasteiger partial charge in [-0.25, -0.2) is 0 Å². The molecule has 3 N–H and O–H groups in total. The summed E-state index contributed by atoms with van der Waals surface area (Å²) in [5, 5.41) is 8.16. The molecule has 0 spiro atoms. The zero-order valence-corrected chi connectivity index (χ0v) is 16.5. The number of fused-ring (bicyclic) bond motifs is 1. The van der Waals surface area contributed by atoms with Crippen LogP contribution in [0, 0.1) is 0 Å². The van der Waals surface area contributed by atoms with Crippen molar-refractivity contribution in [3.8, 4) is 11.5 Å². The second-order valence-electron chi connectivity index (χ2n) is 6.62. The van der Waals surface area contributed by atoms with Gasteiger partial charge in [-0.2, -0.15) is 5.10 Å². The second-order valence-corrected chi connectivity index (χ2v) is 7.05. The summed E-state index contributed by atoms with van der Waals surface area (Å²) in [5.41, 5.74) is 7.97. The summed E-state index contributed by atoms with van der Waals surface area (Å²) >= 11 is 6.02. The number of hydrogen-bond acceptors (Lipinski definition) is 4. The Morgan fingerprint density at radius 3 is 2.72 bits per heavy atom. The Kier molecular flexibility index (Phi) is 5.86. The van der Waals surface area contributed by atoms with Crippen LogP contribution in [0.15, 0.2) is 65.9 Å². The van der Waals surface area contributed by atoms with E-state index in [-0.39, 0.29) is 6.04 Å². The lowest BCUT2D eigenvalue weighted by Crippen LogP contribution is -2.25. The van der Waals surface area contributed by atoms with E-state index < -0.39 is 0 Å². The molecule has 7 nitrogen and oxygen atoms in total. The fourth-order valence-corrected chi connectivity index (χ4v) is 3.23. The minimum absolute atomic E-state index is 0.0913. The van der Waals surface area contributed by atoms with E-state index >= 15 is 0 Å². The molecule has 0 fully saturated rings. The number of benzene rings is 2. The van der Waals surface area contributed by atoms with Gasteiger partial charge < -0.3 is 20.5 Å². The summed E-state index contributed by atoms with van der Waals surface area (Å²) < 4.78 is 13.2. The molecule has 0 bridgehead atoms. The number of nitrogens with two attached hydrogens (primary N) is 1. The maximum Gasteiger partial charge on any atom is 0.193 e. The molecule has 150 valence electrons. The van der Waals surface area contributed by atoms with Gasteiger partial charge in [0.25, 0.3) is 0 Å². The van der Waals surface area contributed by atoms with Crippen LogP contribution in [0.1, 0.15) is 18.0 Å². The van der Waals surface area contributed by atoms with Gasteiger partial charge in [-0.3, -0.25) is 9.67 Å². The molecule has 0 saturated heterocycles. The molecule has 2 aromatic carbocycles. The number of nitrogens with one attached hydrogen (secondary N) is 1. The van der Waals surface area contributed by atoms with E-state index in [0.717, 1.165) is 23.4 Å². The number of nitrogens with zero attached hydrogens (tertiary/aromatic N) is 3. The van der Waals surface area contributed by atoms with Crippen LogP contribution < -0.4 is 20.5 Å². The van der Waals surface area contributed by atoms with Crippen molar-refractivity contribution in [2.24, 2.45) is 10.7 Å². The van der Waals surface area contributed by atoms with Gasteiger partial charge in [0.05, 0.1) is 25.8 Å². The highest BCUT2D eigenvalue weighted by atomic mass is 35.5. The van der Waals surface area contributed by atoms with Crippen LogP contribution in [-0.4, -0.2) is 35.5 Å². The van der Waals surface area contributed by atoms with Crippen molar-refractivity contribution in [3.63, 3.8) is 0 Å². The third-order valence-electron chi connectivity index (χ3n) is 4.55. The highest BCUT2D eigenvalue weighted by Gasteiger charge is 2.14. The van der Waals surface area contributed by atoms with Crippen molar-refractivity contribution < 1.29 is 9.47 Å². The Hall–Kier alpha value is -3.19. The Labute approximate surface area is 174 Å². The number of anilines is 1. The third-order valence-corrected chi connectivity index (χ3v) is 4.81. The summed E-state index contributed by atoms with van der Waals surface area (Å²) in [6, 6.07) is 15.1. The summed E-state index contributed by atoms with van der Waals surface area (Å²) in [4.78, 5) is 4.52. The van der Waals surface area contributed by atoms with Crippen LogP contribution in [0.4, 0.5) is 5.69 Å². The van der Waals surface area contributed by atoms with Gasteiger partial charge in [-0.1, -0.05) is 23.7 Å². The summed E-state index contributed by atoms with van der Waals surface area (Å²) in [5.74, 6) is 1.76. The Morgan fingerprint density at radius 1 is 1.17 bits per heavy atom. The Morgan fingerprint density at radius 2 is 1.97 bits per heavy atom. The van der Waals surface area contributed by atoms with Crippen molar-refractivity contribution in [1.82, 2.24) is 9.78 Å². The normalized spacial score (nSPS) is 14.9. The SMILES string of the molecule is NC(=NCC(c1ccc(Cl)cc1)n1cccn1)Nc1ccc2c(c1)OCCCO2. The fourth-order valence-electron chi connectivity index (χ4n) is 3.10. The van der Waals surface area contributed by atoms with Crippen LogP contribution in [0.3, 0.4) is 0 Å². The standard InChI is InChI=1S/C21H22ClN5O2/c22-16-5-3-15(4-6-16)18(27-10-1-9-25-27)14-24-21(23)26-17-7-8-19-20(13-17)29-12-2-11-28-19/h1,3-10,13,18H,2,11-12,14H2,(H3,23,24,26). The predicted molar refractivity (Wildman–Crippen MR) is 114 cm³/mol. The highest BCUT2D eigenvalue weighted by molar-refractivity contribution is 6.30. The summed E-state index contributed by atoms with van der Waals surface area (Å²) in [6.07, 6.45) is 4.51. The lowest BCUT2D eigenvalue weighted by atomic mass is 10.1. The van der Waals surface area contributed by atoms with Gasteiger partial charge in [-0.05, 0) is 35.9 Å². The first kappa shape index (κ1) is 19.1. The first-order chi connectivity index (χ1) is 14.2. The van der Waals surface area contributed by atoms with Gasteiger partial charge in [0.2, 0.25) is 0 Å². The third kappa shape index (κ3) is 4.81. The van der Waals surface area contributed by atoms with E-state index in [1.807, 2.05) is 59.4 Å². The van der Waals surface area contributed by atoms with E-state index in [0.29, 0.717) is 36.5 Å². The monoisotopic (exact) mass is 411 g/mol. The van der Waals surface area contributed by atoms with E-state index in [4.69, 9.17) is 26.8 Å². The molecule has 1 aliphatic rings. The summed E-state index contributed by atoms with van der Waals surface area (Å²) in [7, 11) is 0. The largest absolute Gasteiger partial charge is 0.490 e. The molecule has 8 heteroatoms. The second kappa shape index (κ2) is 8.87. The van der Waals surface area contributed by atoms with Gasteiger partial charge >= 0.3 is 0 Å². The molecule has 0 amide bonds. The van der Waals surface area contributed by atoms with Gasteiger partial charge in [0.1, 0.15) is 0 Å². The van der Waals surface area contributed by atoms with E-state index in [2.05, 4.69) is 15.4 Å². The van der Waals surface area contributed by atoms with Gasteiger partial charge in [-0.15, -0.1) is 0 Å². The molecule has 29 heavy (non-hydrogen) atoms. The van der Waals surface area contributed by atoms with Crippen molar-refractivity contribution in [2.45, 2.75) is 12.5 Å². The Bertz CT molecular complexity index is 973. The minimum Gasteiger partial charge on any atom is -0.490 e. The van der Waals surface area contributed by atoms with Crippen LogP contribution in [-0.2, 0) is 0 Å². The molecule has 1 aromatic heterocycles. The van der Waals surface area contributed by atoms with Crippen molar-refractivity contribution in [3.05, 3.63) is 71.5 Å². The molecule has 4 rings (SSSR count). The number of aliphatic imine (C=N–C) groups is 1. The number of aromatic nitrogens is 2. The predicted octanol–water partition coefficient (Wildman–Crippen LogP) is 3.71. The lowest BCUT2D eigenvalue weighted by molar-refractivity contribution is 0.297. The molecule has 0 aliphatic carbocycles. The molecule has 1 atom stereocenters. The van der Waals surface area contributed by atoms with Crippen molar-refractivity contribution >= 4 is 23.2 Å². The van der Waals surface area contributed by atoms with Crippen LogP contribution in [0.25, 0.3) is 0 Å². The van der Waals surface area contributed by atoms with E-state index in [1.54, 1.807) is 6.20 Å². The average Bonchev–Trinajstić information content (AvgIpc) is 3.15. The summed E-state index contributed by atoms with van der Waals surface area (Å²) in [6.45, 7) is 1.71. The lowest BCUT2D eigenvalue weighted by Gasteiger charge is -2.17. The van der Waals surface area contributed by atoms with E-state index in [9.17, 15) is 0 Å².